The van der Waals surface area contributed by atoms with Crippen molar-refractivity contribution >= 4 is 40.0 Å². The molecule has 7 atom stereocenters. The maximum Gasteiger partial charge on any atom is 0.408 e. The van der Waals surface area contributed by atoms with E-state index in [1.54, 1.807) is 26.8 Å². The van der Waals surface area contributed by atoms with Gasteiger partial charge in [0.05, 0.1) is 6.10 Å². The van der Waals surface area contributed by atoms with Gasteiger partial charge < -0.3 is 38.5 Å². The lowest BCUT2D eigenvalue weighted by Gasteiger charge is -2.43. The molecule has 1 heterocycles. The summed E-state index contributed by atoms with van der Waals surface area (Å²) in [6.45, 7) is 11.2. The van der Waals surface area contributed by atoms with Gasteiger partial charge in [-0.25, -0.2) is 4.79 Å². The van der Waals surface area contributed by atoms with E-state index in [1.165, 1.54) is 63.4 Å². The molecule has 2 amide bonds. The van der Waals surface area contributed by atoms with Crippen molar-refractivity contribution in [2.75, 3.05) is 13.7 Å². The highest BCUT2D eigenvalue weighted by Gasteiger charge is 2.45. The number of ether oxygens (including phenoxy) is 5. The van der Waals surface area contributed by atoms with Crippen LogP contribution in [-0.4, -0.2) is 71.9 Å². The molecular formula is C33H44FN3O11S. The molecule has 270 valence electrons. The number of amides is 2. The van der Waals surface area contributed by atoms with Gasteiger partial charge >= 0.3 is 28.4 Å². The van der Waals surface area contributed by atoms with Crippen LogP contribution in [0.5, 0.6) is 11.5 Å². The zero-order valence-corrected chi connectivity index (χ0v) is 29.5. The van der Waals surface area contributed by atoms with Crippen molar-refractivity contribution in [3.63, 3.8) is 0 Å². The number of hydrogen-bond acceptors (Lipinski definition) is 12. The number of para-hydroxylation sites is 1. The standard InChI is InChI=1S/C33H44FN3O11S/c1-19-20(2)29(44-22(4)39)31(46-28(19)18-43-21(3)38)45-27-12-10-9-11-25(27)37-49(34,42)48-24-15-13-23(14-16-24)17-26(30(40)35-8)36-32(41)47-33(5,6)7/h9-16,19-20,26,28-29,31H,17-18H2,1-8H3,(H,35,40)(H,36,41)/t19-,20-,26-,28+,29+,31?,49?/m0/s1. The fraction of sp³-hybridized carbons (Fsp3) is 0.515. The van der Waals surface area contributed by atoms with Crippen LogP contribution in [0, 0.1) is 11.8 Å². The second kappa shape index (κ2) is 16.8. The Morgan fingerprint density at radius 1 is 1.00 bits per heavy atom. The van der Waals surface area contributed by atoms with Gasteiger partial charge in [0.2, 0.25) is 12.2 Å². The minimum atomic E-state index is -4.84. The van der Waals surface area contributed by atoms with E-state index < -0.39 is 64.5 Å². The molecule has 0 radical (unpaired) electrons. The Hall–Kier alpha value is -4.44. The Morgan fingerprint density at radius 3 is 2.24 bits per heavy atom. The summed E-state index contributed by atoms with van der Waals surface area (Å²) < 4.78 is 65.1. The maximum absolute atomic E-state index is 15.4. The zero-order chi connectivity index (χ0) is 36.5. The number of rotatable bonds is 12. The molecule has 3 rings (SSSR count). The largest absolute Gasteiger partial charge is 0.463 e. The molecule has 49 heavy (non-hydrogen) atoms. The first-order valence-electron chi connectivity index (χ1n) is 15.6. The molecule has 0 spiro atoms. The summed E-state index contributed by atoms with van der Waals surface area (Å²) in [7, 11) is -3.42. The Morgan fingerprint density at radius 2 is 1.65 bits per heavy atom. The van der Waals surface area contributed by atoms with Gasteiger partial charge in [0, 0.05) is 33.2 Å². The predicted molar refractivity (Wildman–Crippen MR) is 176 cm³/mol. The molecule has 1 aliphatic rings. The first-order valence-corrected chi connectivity index (χ1v) is 16.9. The average Bonchev–Trinajstić information content (AvgIpc) is 2.99. The number of likely N-dealkylation sites (N-methyl/N-ethyl adjacent to an activating group) is 1. The van der Waals surface area contributed by atoms with Crippen LogP contribution in [0.3, 0.4) is 0 Å². The SMILES string of the molecule is CNC(=O)[C@H](Cc1ccc(OS(=O)(F)=Nc2ccccc2OC2O[C@H](COC(C)=O)[C@@H](C)[C@H](C)[C@H]2OC(C)=O)cc1)NC(=O)OC(C)(C)C. The Balaban J connectivity index is 1.79. The number of carbonyl (C=O) groups is 4. The molecule has 2 N–H and O–H groups in total. The van der Waals surface area contributed by atoms with Crippen molar-refractivity contribution in [1.82, 2.24) is 10.6 Å². The molecule has 0 bridgehead atoms. The van der Waals surface area contributed by atoms with Crippen LogP contribution in [-0.2, 0) is 50.1 Å². The lowest BCUT2D eigenvalue weighted by Crippen LogP contribution is -2.54. The number of esters is 2. The fourth-order valence-corrected chi connectivity index (χ4v) is 5.63. The zero-order valence-electron chi connectivity index (χ0n) is 28.7. The quantitative estimate of drug-likeness (QED) is 0.177. The molecular weight excluding hydrogens is 665 g/mol. The second-order valence-electron chi connectivity index (χ2n) is 12.5. The number of nitrogens with one attached hydrogen (secondary N) is 2. The van der Waals surface area contributed by atoms with Crippen molar-refractivity contribution in [1.29, 1.82) is 0 Å². The smallest absolute Gasteiger partial charge is 0.408 e. The van der Waals surface area contributed by atoms with Crippen molar-refractivity contribution in [3.8, 4) is 11.5 Å². The van der Waals surface area contributed by atoms with Crippen molar-refractivity contribution in [2.24, 2.45) is 16.2 Å². The summed E-state index contributed by atoms with van der Waals surface area (Å²) in [5.41, 5.74) is -0.374. The number of alkyl carbamates (subject to hydrolysis) is 1. The lowest BCUT2D eigenvalue weighted by atomic mass is 9.83. The third kappa shape index (κ3) is 12.2. The summed E-state index contributed by atoms with van der Waals surface area (Å²) in [6.07, 6.45) is -3.42. The van der Waals surface area contributed by atoms with Gasteiger partial charge in [0.15, 0.2) is 6.10 Å². The molecule has 2 aromatic rings. The first-order chi connectivity index (χ1) is 22.9. The highest BCUT2D eigenvalue weighted by atomic mass is 32.3. The third-order valence-corrected chi connectivity index (χ3v) is 8.21. The van der Waals surface area contributed by atoms with E-state index in [0.29, 0.717) is 5.56 Å². The van der Waals surface area contributed by atoms with E-state index in [1.807, 2.05) is 13.8 Å². The van der Waals surface area contributed by atoms with Gasteiger partial charge in [-0.05, 0) is 56.5 Å². The molecule has 1 saturated heterocycles. The van der Waals surface area contributed by atoms with E-state index in [-0.39, 0.29) is 42.0 Å². The molecule has 0 aromatic heterocycles. The number of benzene rings is 2. The first kappa shape index (κ1) is 39.0. The second-order valence-corrected chi connectivity index (χ2v) is 13.6. The average molecular weight is 710 g/mol. The highest BCUT2D eigenvalue weighted by Crippen LogP contribution is 2.37. The summed E-state index contributed by atoms with van der Waals surface area (Å²) in [5, 5.41) is 5.01. The van der Waals surface area contributed by atoms with Gasteiger partial charge in [-0.2, -0.15) is 4.21 Å². The maximum atomic E-state index is 15.4. The van der Waals surface area contributed by atoms with E-state index >= 15 is 3.89 Å². The van der Waals surface area contributed by atoms with Gasteiger partial charge in [0.25, 0.3) is 0 Å². The molecule has 1 aliphatic heterocycles. The van der Waals surface area contributed by atoms with Crippen LogP contribution in [0.2, 0.25) is 0 Å². The minimum absolute atomic E-state index is 0.0419. The molecule has 2 unspecified atom stereocenters. The minimum Gasteiger partial charge on any atom is -0.463 e. The van der Waals surface area contributed by atoms with Crippen molar-refractivity contribution < 1.29 is 55.1 Å². The summed E-state index contributed by atoms with van der Waals surface area (Å²) in [5.74, 6) is -2.21. The Bertz CT molecular complexity index is 1600. The summed E-state index contributed by atoms with van der Waals surface area (Å²) >= 11 is 0. The topological polar surface area (TPSA) is 177 Å². The van der Waals surface area contributed by atoms with Crippen LogP contribution >= 0.6 is 0 Å². The van der Waals surface area contributed by atoms with E-state index in [9.17, 15) is 23.4 Å². The predicted octanol–water partition coefficient (Wildman–Crippen LogP) is 4.72. The normalized spacial score (nSPS) is 22.3. The van der Waals surface area contributed by atoms with Crippen LogP contribution in [0.4, 0.5) is 14.4 Å². The number of halogens is 1. The molecule has 0 saturated carbocycles. The molecule has 16 heteroatoms. The Labute approximate surface area is 286 Å². The summed E-state index contributed by atoms with van der Waals surface area (Å²) in [6, 6.07) is 10.6. The lowest BCUT2D eigenvalue weighted by molar-refractivity contribution is -0.253. The van der Waals surface area contributed by atoms with Crippen LogP contribution in [0.15, 0.2) is 52.9 Å². The molecule has 0 aliphatic carbocycles. The van der Waals surface area contributed by atoms with Crippen molar-refractivity contribution in [2.45, 2.75) is 85.0 Å². The number of carbonyl (C=O) groups excluding carboxylic acids is 4. The highest BCUT2D eigenvalue weighted by molar-refractivity contribution is 7.84. The van der Waals surface area contributed by atoms with E-state index in [4.69, 9.17) is 27.9 Å². The number of hydrogen-bond donors (Lipinski definition) is 2. The third-order valence-electron chi connectivity index (χ3n) is 7.40. The van der Waals surface area contributed by atoms with Gasteiger partial charge in [-0.1, -0.05) is 42.0 Å². The van der Waals surface area contributed by atoms with Gasteiger partial charge in [-0.15, -0.1) is 4.36 Å². The monoisotopic (exact) mass is 709 g/mol. The molecule has 1 fully saturated rings. The number of nitrogens with zero attached hydrogens (tertiary/aromatic N) is 1. The fourth-order valence-electron chi connectivity index (χ4n) is 4.86. The van der Waals surface area contributed by atoms with Gasteiger partial charge in [0.1, 0.15) is 35.4 Å². The Kier molecular flexibility index (Phi) is 13.4. The molecule has 2 aromatic carbocycles. The molecule has 14 nitrogen and oxygen atoms in total. The van der Waals surface area contributed by atoms with E-state index in [2.05, 4.69) is 15.0 Å². The van der Waals surface area contributed by atoms with Gasteiger partial charge in [-0.3, -0.25) is 14.4 Å². The van der Waals surface area contributed by atoms with E-state index in [0.717, 1.165) is 0 Å². The van der Waals surface area contributed by atoms with Crippen molar-refractivity contribution in [3.05, 3.63) is 54.1 Å². The van der Waals surface area contributed by atoms with Crippen LogP contribution in [0.25, 0.3) is 0 Å². The van der Waals surface area contributed by atoms with Crippen LogP contribution < -0.4 is 19.6 Å². The van der Waals surface area contributed by atoms with Crippen LogP contribution in [0.1, 0.15) is 54.0 Å². The summed E-state index contributed by atoms with van der Waals surface area (Å²) in [4.78, 5) is 48.0.